The molecule has 2 heterocycles. The molecule has 1 saturated heterocycles. The first-order valence-electron chi connectivity index (χ1n) is 12.3. The quantitative estimate of drug-likeness (QED) is 0.539. The number of carbonyl (C=O) groups excluding carboxylic acids is 1. The third-order valence-corrected chi connectivity index (χ3v) is 9.49. The molecular weight excluding hydrogens is 462 g/mol. The van der Waals surface area contributed by atoms with Crippen molar-refractivity contribution < 1.29 is 22.7 Å². The van der Waals surface area contributed by atoms with E-state index in [0.717, 1.165) is 48.1 Å². The Kier molecular flexibility index (Phi) is 6.45. The minimum Gasteiger partial charge on any atom is -0.487 e. The van der Waals surface area contributed by atoms with Crippen LogP contribution >= 0.6 is 0 Å². The van der Waals surface area contributed by atoms with Gasteiger partial charge in [0.2, 0.25) is 0 Å². The number of sulfone groups is 1. The van der Waals surface area contributed by atoms with Gasteiger partial charge in [0, 0.05) is 32.2 Å². The summed E-state index contributed by atoms with van der Waals surface area (Å²) in [6.07, 6.45) is 4.47. The largest absolute Gasteiger partial charge is 0.487 e. The number of piperidine rings is 1. The molecule has 0 aromatic heterocycles. The molecule has 0 atom stereocenters. The Morgan fingerprint density at radius 3 is 2.11 bits per heavy atom. The molecule has 0 saturated carbocycles. The van der Waals surface area contributed by atoms with Crippen LogP contribution in [0.15, 0.2) is 42.5 Å². The van der Waals surface area contributed by atoms with Gasteiger partial charge in [-0.2, -0.15) is 0 Å². The van der Waals surface area contributed by atoms with E-state index in [4.69, 9.17) is 9.47 Å². The molecule has 35 heavy (non-hydrogen) atoms. The Hall–Kier alpha value is -2.54. The van der Waals surface area contributed by atoms with Crippen molar-refractivity contribution >= 4 is 15.9 Å². The fourth-order valence-electron chi connectivity index (χ4n) is 4.75. The van der Waals surface area contributed by atoms with Crippen molar-refractivity contribution in [3.05, 3.63) is 53.6 Å². The topological polar surface area (TPSA) is 72.9 Å². The van der Waals surface area contributed by atoms with E-state index in [1.165, 1.54) is 11.8 Å². The van der Waals surface area contributed by atoms with Crippen LogP contribution in [-0.2, 0) is 25.7 Å². The summed E-state index contributed by atoms with van der Waals surface area (Å²) in [5, 5.41) is 0. The maximum absolute atomic E-state index is 12.4. The maximum atomic E-state index is 12.4. The molecule has 190 valence electrons. The molecule has 2 aliphatic rings. The number of fused-ring (bicyclic) bond motifs is 1. The van der Waals surface area contributed by atoms with Crippen LogP contribution in [0.4, 0.5) is 4.79 Å². The third-order valence-electron chi connectivity index (χ3n) is 7.40. The average Bonchev–Trinajstić information content (AvgIpc) is 2.77. The fraction of sp³-hybridized carbons (Fsp3) is 0.536. The van der Waals surface area contributed by atoms with Crippen molar-refractivity contribution in [1.82, 2.24) is 4.90 Å². The number of aryl methyl sites for hydroxylation is 1. The molecule has 2 aromatic carbocycles. The van der Waals surface area contributed by atoms with Gasteiger partial charge in [0.15, 0.2) is 9.84 Å². The highest BCUT2D eigenvalue weighted by atomic mass is 32.2. The zero-order valence-electron chi connectivity index (χ0n) is 21.7. The molecule has 1 amide bonds. The van der Waals surface area contributed by atoms with Gasteiger partial charge in [-0.3, -0.25) is 0 Å². The molecule has 0 radical (unpaired) electrons. The van der Waals surface area contributed by atoms with E-state index in [1.807, 2.05) is 51.1 Å². The molecule has 1 spiro atoms. The number of hydrogen-bond acceptors (Lipinski definition) is 5. The molecule has 1 fully saturated rings. The molecule has 0 N–H and O–H groups in total. The van der Waals surface area contributed by atoms with Gasteiger partial charge in [-0.05, 0) is 81.8 Å². The van der Waals surface area contributed by atoms with E-state index in [0.29, 0.717) is 13.1 Å². The predicted molar refractivity (Wildman–Crippen MR) is 138 cm³/mol. The number of benzene rings is 2. The van der Waals surface area contributed by atoms with Gasteiger partial charge in [0.05, 0.1) is 4.75 Å². The summed E-state index contributed by atoms with van der Waals surface area (Å²) < 4.78 is 35.5. The second-order valence-electron chi connectivity index (χ2n) is 11.4. The molecule has 6 nitrogen and oxygen atoms in total. The standard InChI is InChI=1S/C28H37NO5S/c1-26(2,3)34-25(30)29-17-15-28(16-18-29)14-13-22-19-21(9-12-24(22)33-28)20-7-10-23(11-8-20)27(4,5)35(6,31)32/h7-12,19H,13-18H2,1-6H3. The average molecular weight is 500 g/mol. The van der Waals surface area contributed by atoms with Crippen LogP contribution < -0.4 is 4.74 Å². The molecule has 0 aliphatic carbocycles. The zero-order valence-corrected chi connectivity index (χ0v) is 22.5. The lowest BCUT2D eigenvalue weighted by Crippen LogP contribution is -2.52. The van der Waals surface area contributed by atoms with Gasteiger partial charge in [-0.25, -0.2) is 13.2 Å². The monoisotopic (exact) mass is 499 g/mol. The van der Waals surface area contributed by atoms with Crippen LogP contribution in [0, 0.1) is 0 Å². The van der Waals surface area contributed by atoms with E-state index < -0.39 is 20.2 Å². The summed E-state index contributed by atoms with van der Waals surface area (Å²) in [6, 6.07) is 14.1. The van der Waals surface area contributed by atoms with Crippen LogP contribution in [0.1, 0.15) is 65.0 Å². The Bertz CT molecular complexity index is 1200. The minimum absolute atomic E-state index is 0.230. The summed E-state index contributed by atoms with van der Waals surface area (Å²) in [5.41, 5.74) is 3.38. The number of ether oxygens (including phenoxy) is 2. The lowest BCUT2D eigenvalue weighted by Gasteiger charge is -2.44. The summed E-state index contributed by atoms with van der Waals surface area (Å²) >= 11 is 0. The maximum Gasteiger partial charge on any atom is 0.410 e. The van der Waals surface area contributed by atoms with Gasteiger partial charge in [0.25, 0.3) is 0 Å². The van der Waals surface area contributed by atoms with Crippen molar-refractivity contribution in [2.75, 3.05) is 19.3 Å². The molecule has 0 unspecified atom stereocenters. The summed E-state index contributed by atoms with van der Waals surface area (Å²) in [4.78, 5) is 14.2. The van der Waals surface area contributed by atoms with Crippen LogP contribution in [-0.4, -0.2) is 50.0 Å². The Balaban J connectivity index is 1.45. The summed E-state index contributed by atoms with van der Waals surface area (Å²) in [6.45, 7) is 10.4. The SMILES string of the molecule is CC(C)(C)OC(=O)N1CCC2(CCc3cc(-c4ccc(C(C)(C)S(C)(=O)=O)cc4)ccc3O2)CC1. The zero-order chi connectivity index (χ0) is 25.6. The third kappa shape index (κ3) is 5.35. The lowest BCUT2D eigenvalue weighted by atomic mass is 9.82. The van der Waals surface area contributed by atoms with Gasteiger partial charge < -0.3 is 14.4 Å². The molecule has 2 aromatic rings. The van der Waals surface area contributed by atoms with Crippen molar-refractivity contribution in [3.63, 3.8) is 0 Å². The number of rotatable bonds is 3. The fourth-order valence-corrected chi connectivity index (χ4v) is 5.32. The Morgan fingerprint density at radius 1 is 0.943 bits per heavy atom. The molecule has 0 bridgehead atoms. The summed E-state index contributed by atoms with van der Waals surface area (Å²) in [7, 11) is -3.22. The number of nitrogens with zero attached hydrogens (tertiary/aromatic N) is 1. The highest BCUT2D eigenvalue weighted by Gasteiger charge is 2.41. The van der Waals surface area contributed by atoms with E-state index in [-0.39, 0.29) is 11.7 Å². The van der Waals surface area contributed by atoms with Crippen LogP contribution in [0.2, 0.25) is 0 Å². The highest BCUT2D eigenvalue weighted by molar-refractivity contribution is 7.91. The van der Waals surface area contributed by atoms with E-state index in [2.05, 4.69) is 12.1 Å². The van der Waals surface area contributed by atoms with Crippen molar-refractivity contribution in [1.29, 1.82) is 0 Å². The van der Waals surface area contributed by atoms with E-state index in [9.17, 15) is 13.2 Å². The Labute approximate surface area is 209 Å². The molecular formula is C28H37NO5S. The van der Waals surface area contributed by atoms with Crippen LogP contribution in [0.3, 0.4) is 0 Å². The van der Waals surface area contributed by atoms with Crippen molar-refractivity contribution in [2.45, 2.75) is 76.3 Å². The Morgan fingerprint density at radius 2 is 1.54 bits per heavy atom. The minimum atomic E-state index is -3.22. The van der Waals surface area contributed by atoms with Crippen molar-refractivity contribution in [3.8, 4) is 16.9 Å². The van der Waals surface area contributed by atoms with Crippen molar-refractivity contribution in [2.24, 2.45) is 0 Å². The van der Waals surface area contributed by atoms with Crippen LogP contribution in [0.25, 0.3) is 11.1 Å². The molecule has 4 rings (SSSR count). The van der Waals surface area contributed by atoms with Gasteiger partial charge >= 0.3 is 6.09 Å². The first kappa shape index (κ1) is 25.5. The van der Waals surface area contributed by atoms with E-state index >= 15 is 0 Å². The first-order valence-corrected chi connectivity index (χ1v) is 14.2. The predicted octanol–water partition coefficient (Wildman–Crippen LogP) is 5.73. The molecule has 2 aliphatic heterocycles. The smallest absolute Gasteiger partial charge is 0.410 e. The van der Waals surface area contributed by atoms with Gasteiger partial charge in [-0.1, -0.05) is 30.3 Å². The number of hydrogen-bond donors (Lipinski definition) is 0. The lowest BCUT2D eigenvalue weighted by molar-refractivity contribution is -0.0272. The number of carbonyl (C=O) groups is 1. The number of likely N-dealkylation sites (tertiary alicyclic amines) is 1. The second-order valence-corrected chi connectivity index (χ2v) is 14.0. The second kappa shape index (κ2) is 8.84. The van der Waals surface area contributed by atoms with Crippen LogP contribution in [0.5, 0.6) is 5.75 Å². The number of amides is 1. The first-order chi connectivity index (χ1) is 16.2. The highest BCUT2D eigenvalue weighted by Crippen LogP contribution is 2.41. The van der Waals surface area contributed by atoms with Gasteiger partial charge in [-0.15, -0.1) is 0 Å². The molecule has 7 heteroatoms. The van der Waals surface area contributed by atoms with E-state index in [1.54, 1.807) is 18.7 Å². The normalized spacial score (nSPS) is 18.1. The summed E-state index contributed by atoms with van der Waals surface area (Å²) in [5.74, 6) is 0.917. The van der Waals surface area contributed by atoms with Gasteiger partial charge in [0.1, 0.15) is 17.0 Å².